The van der Waals surface area contributed by atoms with E-state index in [4.69, 9.17) is 5.73 Å². The minimum atomic E-state index is -0.311. The quantitative estimate of drug-likeness (QED) is 0.697. The number of thioether (sulfide) groups is 1. The summed E-state index contributed by atoms with van der Waals surface area (Å²) in [4.78, 5) is 22.1. The summed E-state index contributed by atoms with van der Waals surface area (Å²) < 4.78 is 0. The summed E-state index contributed by atoms with van der Waals surface area (Å²) >= 11 is 3.19. The van der Waals surface area contributed by atoms with E-state index < -0.39 is 0 Å². The van der Waals surface area contributed by atoms with Crippen LogP contribution in [0.3, 0.4) is 0 Å². The maximum atomic E-state index is 10.9. The molecule has 0 unspecified atom stereocenters. The van der Waals surface area contributed by atoms with Crippen molar-refractivity contribution in [2.75, 3.05) is 5.75 Å². The molecule has 1 amide bonds. The summed E-state index contributed by atoms with van der Waals surface area (Å²) in [6, 6.07) is 0. The highest BCUT2D eigenvalue weighted by Crippen LogP contribution is 2.40. The summed E-state index contributed by atoms with van der Waals surface area (Å²) in [6.07, 6.45) is 5.02. The highest BCUT2D eigenvalue weighted by molar-refractivity contribution is 8.00. The molecule has 19 heavy (non-hydrogen) atoms. The average Bonchev–Trinajstić information content (AvgIpc) is 2.73. The van der Waals surface area contributed by atoms with Crippen LogP contribution in [0, 0.1) is 5.92 Å². The van der Waals surface area contributed by atoms with Crippen molar-refractivity contribution in [2.45, 2.75) is 31.2 Å². The molecule has 0 aliphatic heterocycles. The Morgan fingerprint density at radius 3 is 3.21 bits per heavy atom. The number of carbonyl (C=O) groups is 1. The molecule has 100 valence electrons. The van der Waals surface area contributed by atoms with Crippen molar-refractivity contribution in [1.29, 1.82) is 0 Å². The van der Waals surface area contributed by atoms with Gasteiger partial charge in [-0.1, -0.05) is 18.7 Å². The predicted molar refractivity (Wildman–Crippen MR) is 78.5 cm³/mol. The van der Waals surface area contributed by atoms with Crippen LogP contribution in [0.25, 0.3) is 10.2 Å². The molecule has 4 nitrogen and oxygen atoms in total. The molecular weight excluding hydrogens is 278 g/mol. The summed E-state index contributed by atoms with van der Waals surface area (Å²) in [5.41, 5.74) is 6.61. The third-order valence-corrected chi connectivity index (χ3v) is 5.58. The van der Waals surface area contributed by atoms with Gasteiger partial charge < -0.3 is 5.73 Å². The normalized spacial score (nSPS) is 18.5. The minimum absolute atomic E-state index is 0.271. The smallest absolute Gasteiger partial charge is 0.227 e. The van der Waals surface area contributed by atoms with Crippen LogP contribution >= 0.6 is 23.1 Å². The number of rotatable bonds is 3. The summed E-state index contributed by atoms with van der Waals surface area (Å²) in [7, 11) is 0. The Morgan fingerprint density at radius 2 is 2.42 bits per heavy atom. The number of aryl methyl sites for hydroxylation is 1. The van der Waals surface area contributed by atoms with E-state index in [-0.39, 0.29) is 11.7 Å². The average molecular weight is 293 g/mol. The van der Waals surface area contributed by atoms with Gasteiger partial charge in [0, 0.05) is 10.3 Å². The van der Waals surface area contributed by atoms with Gasteiger partial charge in [0.05, 0.1) is 5.75 Å². The lowest BCUT2D eigenvalue weighted by atomic mass is 9.89. The standard InChI is InChI=1S/C13H15N3OS2/c1-7-2-3-8-9(4-7)19-13-11(8)12(15-6-16-13)18-5-10(14)17/h6-7H,2-5H2,1H3,(H2,14,17)/t7-/m1/s1. The van der Waals surface area contributed by atoms with Gasteiger partial charge in [0.1, 0.15) is 16.2 Å². The van der Waals surface area contributed by atoms with Crippen molar-refractivity contribution < 1.29 is 4.79 Å². The van der Waals surface area contributed by atoms with E-state index in [1.165, 1.54) is 28.6 Å². The molecule has 0 radical (unpaired) electrons. The highest BCUT2D eigenvalue weighted by Gasteiger charge is 2.23. The van der Waals surface area contributed by atoms with Gasteiger partial charge in [0.15, 0.2) is 0 Å². The molecule has 1 aliphatic carbocycles. The van der Waals surface area contributed by atoms with Gasteiger partial charge in [-0.2, -0.15) is 0 Å². The van der Waals surface area contributed by atoms with Crippen molar-refractivity contribution in [3.63, 3.8) is 0 Å². The first-order valence-electron chi connectivity index (χ1n) is 6.31. The first-order chi connectivity index (χ1) is 9.15. The predicted octanol–water partition coefficient (Wildman–Crippen LogP) is 2.39. The topological polar surface area (TPSA) is 68.9 Å². The van der Waals surface area contributed by atoms with Gasteiger partial charge in [-0.25, -0.2) is 9.97 Å². The Morgan fingerprint density at radius 1 is 1.58 bits per heavy atom. The summed E-state index contributed by atoms with van der Waals surface area (Å²) in [6.45, 7) is 2.29. The number of hydrogen-bond donors (Lipinski definition) is 1. The molecule has 0 bridgehead atoms. The maximum absolute atomic E-state index is 10.9. The number of thiophene rings is 1. The zero-order valence-electron chi connectivity index (χ0n) is 10.7. The van der Waals surface area contributed by atoms with Crippen LogP contribution in [0.15, 0.2) is 11.4 Å². The molecule has 2 heterocycles. The highest BCUT2D eigenvalue weighted by atomic mass is 32.2. The minimum Gasteiger partial charge on any atom is -0.369 e. The Hall–Kier alpha value is -1.14. The Balaban J connectivity index is 2.06. The van der Waals surface area contributed by atoms with Crippen molar-refractivity contribution in [1.82, 2.24) is 9.97 Å². The Bertz CT molecular complexity index is 638. The SMILES string of the molecule is C[C@@H]1CCc2c(sc3ncnc(SCC(N)=O)c23)C1. The number of primary amides is 1. The van der Waals surface area contributed by atoms with E-state index >= 15 is 0 Å². The van der Waals surface area contributed by atoms with Crippen molar-refractivity contribution >= 4 is 39.2 Å². The van der Waals surface area contributed by atoms with Crippen LogP contribution in [0.1, 0.15) is 23.8 Å². The number of aromatic nitrogens is 2. The number of hydrogen-bond acceptors (Lipinski definition) is 5. The van der Waals surface area contributed by atoms with E-state index in [1.54, 1.807) is 17.7 Å². The fourth-order valence-electron chi connectivity index (χ4n) is 2.50. The zero-order valence-corrected chi connectivity index (χ0v) is 12.3. The summed E-state index contributed by atoms with van der Waals surface area (Å²) in [5, 5.41) is 2.05. The van der Waals surface area contributed by atoms with Crippen LogP contribution in [0.5, 0.6) is 0 Å². The second-order valence-corrected chi connectivity index (χ2v) is 7.01. The van der Waals surface area contributed by atoms with Crippen LogP contribution in [0.4, 0.5) is 0 Å². The fourth-order valence-corrected chi connectivity index (χ4v) is 4.67. The van der Waals surface area contributed by atoms with E-state index in [1.807, 2.05) is 0 Å². The van der Waals surface area contributed by atoms with Crippen molar-refractivity contribution in [2.24, 2.45) is 11.7 Å². The number of nitrogens with zero attached hydrogens (tertiary/aromatic N) is 2. The molecule has 0 fully saturated rings. The molecule has 2 N–H and O–H groups in total. The molecule has 2 aromatic rings. The molecule has 0 saturated carbocycles. The van der Waals surface area contributed by atoms with Gasteiger partial charge >= 0.3 is 0 Å². The van der Waals surface area contributed by atoms with Gasteiger partial charge in [-0.15, -0.1) is 11.3 Å². The molecule has 1 aliphatic rings. The Kier molecular flexibility index (Phi) is 3.45. The largest absolute Gasteiger partial charge is 0.369 e. The maximum Gasteiger partial charge on any atom is 0.227 e. The molecule has 0 aromatic carbocycles. The van der Waals surface area contributed by atoms with Gasteiger partial charge in [-0.3, -0.25) is 4.79 Å². The molecule has 3 rings (SSSR count). The second kappa shape index (κ2) is 5.09. The van der Waals surface area contributed by atoms with E-state index in [2.05, 4.69) is 16.9 Å². The van der Waals surface area contributed by atoms with Gasteiger partial charge in [-0.05, 0) is 30.7 Å². The number of amides is 1. The lowest BCUT2D eigenvalue weighted by Gasteiger charge is -2.18. The fraction of sp³-hybridized carbons (Fsp3) is 0.462. The van der Waals surface area contributed by atoms with Crippen LogP contribution in [-0.2, 0) is 17.6 Å². The third-order valence-electron chi connectivity index (χ3n) is 3.41. The monoisotopic (exact) mass is 293 g/mol. The van der Waals surface area contributed by atoms with Gasteiger partial charge in [0.2, 0.25) is 5.91 Å². The summed E-state index contributed by atoms with van der Waals surface area (Å²) in [5.74, 6) is 0.706. The van der Waals surface area contributed by atoms with Crippen molar-refractivity contribution in [3.8, 4) is 0 Å². The van der Waals surface area contributed by atoms with Crippen LogP contribution < -0.4 is 5.73 Å². The van der Waals surface area contributed by atoms with Gasteiger partial charge in [0.25, 0.3) is 0 Å². The molecule has 2 aromatic heterocycles. The van der Waals surface area contributed by atoms with Crippen LogP contribution in [-0.4, -0.2) is 21.6 Å². The number of fused-ring (bicyclic) bond motifs is 3. The zero-order chi connectivity index (χ0) is 13.4. The number of nitrogens with two attached hydrogens (primary N) is 1. The first kappa shape index (κ1) is 12.9. The second-order valence-electron chi connectivity index (χ2n) is 4.97. The molecule has 0 spiro atoms. The van der Waals surface area contributed by atoms with E-state index in [9.17, 15) is 4.79 Å². The van der Waals surface area contributed by atoms with Crippen LogP contribution in [0.2, 0.25) is 0 Å². The Labute approximate surface area is 119 Å². The molecule has 1 atom stereocenters. The number of carbonyl (C=O) groups excluding carboxylic acids is 1. The first-order valence-corrected chi connectivity index (χ1v) is 8.11. The lowest BCUT2D eigenvalue weighted by Crippen LogP contribution is -2.13. The van der Waals surface area contributed by atoms with E-state index in [0.717, 1.165) is 34.0 Å². The third kappa shape index (κ3) is 2.47. The van der Waals surface area contributed by atoms with E-state index in [0.29, 0.717) is 0 Å². The molecule has 0 saturated heterocycles. The molecular formula is C13H15N3OS2. The lowest BCUT2D eigenvalue weighted by molar-refractivity contribution is -0.115. The van der Waals surface area contributed by atoms with Crippen molar-refractivity contribution in [3.05, 3.63) is 16.8 Å². The molecule has 6 heteroatoms.